The maximum absolute atomic E-state index is 14.3. The summed E-state index contributed by atoms with van der Waals surface area (Å²) in [6, 6.07) is 14.4. The molecule has 0 fully saturated rings. The molecule has 0 radical (unpaired) electrons. The Bertz CT molecular complexity index is 1410. The number of carbonyl (C=O) groups is 2. The number of anilines is 2. The highest BCUT2D eigenvalue weighted by Gasteiger charge is 2.30. The molecule has 0 aliphatic carbocycles. The highest BCUT2D eigenvalue weighted by Crippen LogP contribution is 2.29. The van der Waals surface area contributed by atoms with Gasteiger partial charge in [-0.05, 0) is 77.8 Å². The van der Waals surface area contributed by atoms with Crippen LogP contribution in [0.1, 0.15) is 67.4 Å². The van der Waals surface area contributed by atoms with Gasteiger partial charge >= 0.3 is 6.03 Å². The van der Waals surface area contributed by atoms with Gasteiger partial charge in [-0.1, -0.05) is 42.4 Å². The topological polar surface area (TPSA) is 129 Å². The quantitative estimate of drug-likeness (QED) is 0.281. The summed E-state index contributed by atoms with van der Waals surface area (Å²) >= 11 is 0. The minimum atomic E-state index is -0.495. The Labute approximate surface area is 272 Å². The van der Waals surface area contributed by atoms with E-state index in [0.29, 0.717) is 53.8 Å². The first-order valence-corrected chi connectivity index (χ1v) is 16.1. The standard InChI is InChI=1S/C35H49N5O6/c1-23-19-40(24(2)22-41)34(42)30-18-29(36-35(43)37-33-26(4)38-46-27(33)5)15-16-31(30)45-25(3)12-10-11-17-44-32(23)21-39(6)20-28-13-8-7-9-14-28/h7-9,13-16,18,23-25,32,41H,10-12,17,19-22H2,1-6H3,(H2,36,37,43)/t23-,24-,25+,32+/m1/s1. The third-order valence-corrected chi connectivity index (χ3v) is 8.37. The van der Waals surface area contributed by atoms with Crippen molar-refractivity contribution in [2.45, 2.75) is 78.7 Å². The fourth-order valence-corrected chi connectivity index (χ4v) is 5.67. The number of urea groups is 1. The number of carbonyl (C=O) groups excluding carboxylic acids is 2. The maximum atomic E-state index is 14.3. The van der Waals surface area contributed by atoms with Crippen LogP contribution in [0.2, 0.25) is 0 Å². The van der Waals surface area contributed by atoms with Crippen LogP contribution in [-0.4, -0.2) is 83.6 Å². The van der Waals surface area contributed by atoms with E-state index in [-0.39, 0.29) is 30.6 Å². The van der Waals surface area contributed by atoms with E-state index in [1.165, 1.54) is 5.56 Å². The second-order valence-corrected chi connectivity index (χ2v) is 12.5. The van der Waals surface area contributed by atoms with E-state index in [0.717, 1.165) is 25.8 Å². The van der Waals surface area contributed by atoms with Crippen molar-refractivity contribution in [3.05, 3.63) is 71.1 Å². The SMILES string of the molecule is Cc1noc(C)c1NC(=O)Nc1ccc2c(c1)C(=O)N([C@H](C)CO)C[C@@H](C)[C@H](CN(C)Cc1ccccc1)OCCCC[C@H](C)O2. The summed E-state index contributed by atoms with van der Waals surface area (Å²) in [5.74, 6) is 0.596. The molecule has 1 aliphatic rings. The van der Waals surface area contributed by atoms with Crippen LogP contribution in [0.4, 0.5) is 16.2 Å². The number of ether oxygens (including phenoxy) is 2. The number of aromatic nitrogens is 1. The number of hydrogen-bond acceptors (Lipinski definition) is 8. The molecular weight excluding hydrogens is 586 g/mol. The molecule has 3 N–H and O–H groups in total. The summed E-state index contributed by atoms with van der Waals surface area (Å²) in [5.41, 5.74) is 3.00. The average molecular weight is 636 g/mol. The van der Waals surface area contributed by atoms with Gasteiger partial charge in [0.1, 0.15) is 17.1 Å². The second-order valence-electron chi connectivity index (χ2n) is 12.5. The molecule has 0 bridgehead atoms. The number of rotatable bonds is 8. The van der Waals surface area contributed by atoms with E-state index >= 15 is 0 Å². The van der Waals surface area contributed by atoms with Gasteiger partial charge in [-0.3, -0.25) is 9.69 Å². The van der Waals surface area contributed by atoms with E-state index < -0.39 is 12.1 Å². The summed E-state index contributed by atoms with van der Waals surface area (Å²) in [6.45, 7) is 11.6. The zero-order chi connectivity index (χ0) is 33.2. The monoisotopic (exact) mass is 635 g/mol. The number of likely N-dealkylation sites (N-methyl/N-ethyl adjacent to an activating group) is 1. The van der Waals surface area contributed by atoms with Crippen molar-refractivity contribution in [3.8, 4) is 5.75 Å². The first-order chi connectivity index (χ1) is 22.0. The lowest BCUT2D eigenvalue weighted by molar-refractivity contribution is -0.0177. The van der Waals surface area contributed by atoms with E-state index in [1.807, 2.05) is 32.0 Å². The van der Waals surface area contributed by atoms with Gasteiger partial charge in [-0.15, -0.1) is 0 Å². The van der Waals surface area contributed by atoms with Crippen molar-refractivity contribution in [2.24, 2.45) is 5.92 Å². The molecule has 46 heavy (non-hydrogen) atoms. The van der Waals surface area contributed by atoms with Crippen LogP contribution in [0.25, 0.3) is 0 Å². The van der Waals surface area contributed by atoms with Gasteiger partial charge in [0.25, 0.3) is 5.91 Å². The average Bonchev–Trinajstić information content (AvgIpc) is 3.34. The number of fused-ring (bicyclic) bond motifs is 1. The molecule has 0 spiro atoms. The molecule has 3 amide bonds. The number of hydrogen-bond donors (Lipinski definition) is 3. The third-order valence-electron chi connectivity index (χ3n) is 8.37. The van der Waals surface area contributed by atoms with Crippen LogP contribution in [0.5, 0.6) is 5.75 Å². The van der Waals surface area contributed by atoms with Crippen molar-refractivity contribution in [3.63, 3.8) is 0 Å². The Kier molecular flexibility index (Phi) is 12.6. The predicted molar refractivity (Wildman–Crippen MR) is 178 cm³/mol. The molecule has 4 rings (SSSR count). The van der Waals surface area contributed by atoms with Gasteiger partial charge in [-0.25, -0.2) is 4.79 Å². The lowest BCUT2D eigenvalue weighted by Gasteiger charge is -2.36. The van der Waals surface area contributed by atoms with Crippen molar-refractivity contribution < 1.29 is 28.7 Å². The van der Waals surface area contributed by atoms with E-state index in [4.69, 9.17) is 14.0 Å². The fourth-order valence-electron chi connectivity index (χ4n) is 5.67. The highest BCUT2D eigenvalue weighted by atomic mass is 16.5. The van der Waals surface area contributed by atoms with Gasteiger partial charge in [0, 0.05) is 37.8 Å². The molecule has 0 unspecified atom stereocenters. The molecule has 3 aromatic rings. The molecule has 1 aliphatic heterocycles. The van der Waals surface area contributed by atoms with Gasteiger partial charge in [-0.2, -0.15) is 0 Å². The first-order valence-electron chi connectivity index (χ1n) is 16.1. The predicted octanol–water partition coefficient (Wildman–Crippen LogP) is 5.86. The Morgan fingerprint density at radius 3 is 2.59 bits per heavy atom. The van der Waals surface area contributed by atoms with Gasteiger partial charge in [0.15, 0.2) is 5.76 Å². The van der Waals surface area contributed by atoms with E-state index in [1.54, 1.807) is 36.9 Å². The van der Waals surface area contributed by atoms with Crippen LogP contribution in [0.15, 0.2) is 53.1 Å². The number of amides is 3. The fraction of sp³-hybridized carbons (Fsp3) is 0.514. The van der Waals surface area contributed by atoms with Crippen LogP contribution in [0.3, 0.4) is 0 Å². The number of nitrogens with zero attached hydrogens (tertiary/aromatic N) is 3. The lowest BCUT2D eigenvalue weighted by Crippen LogP contribution is -2.47. The van der Waals surface area contributed by atoms with Crippen LogP contribution >= 0.6 is 0 Å². The summed E-state index contributed by atoms with van der Waals surface area (Å²) in [7, 11) is 2.08. The van der Waals surface area contributed by atoms with Crippen LogP contribution in [-0.2, 0) is 11.3 Å². The van der Waals surface area contributed by atoms with Crippen molar-refractivity contribution >= 4 is 23.3 Å². The summed E-state index contributed by atoms with van der Waals surface area (Å²) < 4.78 is 17.9. The summed E-state index contributed by atoms with van der Waals surface area (Å²) in [4.78, 5) is 31.2. The number of aryl methyl sites for hydroxylation is 2. The number of nitrogens with one attached hydrogen (secondary N) is 2. The molecule has 250 valence electrons. The Morgan fingerprint density at radius 1 is 1.13 bits per heavy atom. The van der Waals surface area contributed by atoms with Gasteiger partial charge in [0.2, 0.25) is 0 Å². The Morgan fingerprint density at radius 2 is 1.89 bits per heavy atom. The first kappa shape index (κ1) is 34.9. The largest absolute Gasteiger partial charge is 0.490 e. The molecule has 2 heterocycles. The van der Waals surface area contributed by atoms with Crippen molar-refractivity contribution in [2.75, 3.05) is 44.0 Å². The van der Waals surface area contributed by atoms with E-state index in [9.17, 15) is 14.7 Å². The maximum Gasteiger partial charge on any atom is 0.323 e. The number of aliphatic hydroxyl groups is 1. The molecule has 11 nitrogen and oxygen atoms in total. The molecule has 11 heteroatoms. The van der Waals surface area contributed by atoms with Gasteiger partial charge < -0.3 is 34.6 Å². The molecule has 1 aromatic heterocycles. The Hall–Kier alpha value is -3.93. The zero-order valence-electron chi connectivity index (χ0n) is 27.9. The minimum absolute atomic E-state index is 0.0375. The smallest absolute Gasteiger partial charge is 0.323 e. The van der Waals surface area contributed by atoms with Crippen molar-refractivity contribution in [1.82, 2.24) is 15.0 Å². The molecular formula is C35H49N5O6. The highest BCUT2D eigenvalue weighted by molar-refractivity contribution is 6.03. The number of aliphatic hydroxyl groups excluding tert-OH is 1. The van der Waals surface area contributed by atoms with Gasteiger partial charge in [0.05, 0.1) is 30.4 Å². The number of benzene rings is 2. The summed E-state index contributed by atoms with van der Waals surface area (Å²) in [5, 5.41) is 19.7. The minimum Gasteiger partial charge on any atom is -0.490 e. The van der Waals surface area contributed by atoms with Crippen LogP contribution < -0.4 is 15.4 Å². The summed E-state index contributed by atoms with van der Waals surface area (Å²) in [6.07, 6.45) is 2.33. The molecule has 2 aromatic carbocycles. The normalized spacial score (nSPS) is 20.4. The van der Waals surface area contributed by atoms with Crippen LogP contribution in [0, 0.1) is 19.8 Å². The van der Waals surface area contributed by atoms with Crippen molar-refractivity contribution in [1.29, 1.82) is 0 Å². The van der Waals surface area contributed by atoms with E-state index in [2.05, 4.69) is 46.8 Å². The second kappa shape index (κ2) is 16.6. The molecule has 4 atom stereocenters. The zero-order valence-corrected chi connectivity index (χ0v) is 27.9. The third kappa shape index (κ3) is 9.54. The lowest BCUT2D eigenvalue weighted by atomic mass is 10.0. The molecule has 0 saturated heterocycles. The Balaban J connectivity index is 1.60. The molecule has 0 saturated carbocycles.